The van der Waals surface area contributed by atoms with E-state index in [2.05, 4.69) is 69.3 Å². The van der Waals surface area contributed by atoms with Crippen molar-refractivity contribution in [1.82, 2.24) is 14.9 Å². The lowest BCUT2D eigenvalue weighted by molar-refractivity contribution is 0.394. The topological polar surface area (TPSA) is 51.5 Å². The second kappa shape index (κ2) is 9.19. The number of pyridine rings is 1. The predicted molar refractivity (Wildman–Crippen MR) is 138 cm³/mol. The van der Waals surface area contributed by atoms with Crippen LogP contribution in [0.15, 0.2) is 85.2 Å². The first-order chi connectivity index (χ1) is 16.6. The molecule has 172 valence electrons. The van der Waals surface area contributed by atoms with E-state index in [9.17, 15) is 0 Å². The molecule has 1 fully saturated rings. The standard InChI is InChI=1S/C27H26N4O2S/c1-18-9-11-19(12-10-18)30-16-6-8-23(30)26-25(21-7-4-5-15-28-21)29-27(34)31(26)22-14-13-20(32-2)17-24(22)33-3/h4-17,25-26H,1-3H3,(H,29,34)/t25-,26-/m1/s1. The molecule has 2 aromatic heterocycles. The van der Waals surface area contributed by atoms with E-state index in [0.29, 0.717) is 10.9 Å². The molecule has 1 saturated heterocycles. The molecule has 0 unspecified atom stereocenters. The van der Waals surface area contributed by atoms with Gasteiger partial charge in [0.2, 0.25) is 0 Å². The predicted octanol–water partition coefficient (Wildman–Crippen LogP) is 5.38. The van der Waals surface area contributed by atoms with Gasteiger partial charge in [-0.3, -0.25) is 4.98 Å². The molecule has 1 aliphatic heterocycles. The molecule has 4 aromatic rings. The minimum absolute atomic E-state index is 0.153. The summed E-state index contributed by atoms with van der Waals surface area (Å²) in [6.07, 6.45) is 3.90. The number of thiocarbonyl (C=S) groups is 1. The van der Waals surface area contributed by atoms with Crippen LogP contribution in [0.25, 0.3) is 5.69 Å². The quantitative estimate of drug-likeness (QED) is 0.382. The lowest BCUT2D eigenvalue weighted by Crippen LogP contribution is -2.30. The number of nitrogens with one attached hydrogen (secondary N) is 1. The van der Waals surface area contributed by atoms with E-state index in [1.807, 2.05) is 42.6 Å². The fourth-order valence-electron chi connectivity index (χ4n) is 4.47. The van der Waals surface area contributed by atoms with Crippen molar-refractivity contribution in [2.75, 3.05) is 19.1 Å². The summed E-state index contributed by atoms with van der Waals surface area (Å²) in [7, 11) is 3.30. The molecule has 1 N–H and O–H groups in total. The molecule has 2 aromatic carbocycles. The molecule has 5 rings (SSSR count). The van der Waals surface area contributed by atoms with E-state index < -0.39 is 0 Å². The number of anilines is 1. The fraction of sp³-hybridized carbons (Fsp3) is 0.185. The highest BCUT2D eigenvalue weighted by Gasteiger charge is 2.43. The number of aryl methyl sites for hydroxylation is 1. The van der Waals surface area contributed by atoms with Crippen molar-refractivity contribution in [1.29, 1.82) is 0 Å². The summed E-state index contributed by atoms with van der Waals surface area (Å²) in [4.78, 5) is 6.78. The third-order valence-electron chi connectivity index (χ3n) is 6.14. The largest absolute Gasteiger partial charge is 0.497 e. The van der Waals surface area contributed by atoms with E-state index in [0.717, 1.165) is 28.5 Å². The summed E-state index contributed by atoms with van der Waals surface area (Å²) in [6.45, 7) is 2.09. The highest BCUT2D eigenvalue weighted by Crippen LogP contribution is 2.45. The zero-order valence-corrected chi connectivity index (χ0v) is 20.1. The Bertz CT molecular complexity index is 1300. The molecule has 34 heavy (non-hydrogen) atoms. The van der Waals surface area contributed by atoms with Crippen LogP contribution >= 0.6 is 12.2 Å². The van der Waals surface area contributed by atoms with Gasteiger partial charge in [0.1, 0.15) is 17.5 Å². The van der Waals surface area contributed by atoms with Gasteiger partial charge in [0.05, 0.1) is 31.6 Å². The lowest BCUT2D eigenvalue weighted by atomic mass is 10.0. The molecule has 0 aliphatic carbocycles. The van der Waals surface area contributed by atoms with E-state index in [4.69, 9.17) is 21.7 Å². The number of rotatable bonds is 6. The van der Waals surface area contributed by atoms with Crippen molar-refractivity contribution in [3.63, 3.8) is 0 Å². The Balaban J connectivity index is 1.68. The smallest absolute Gasteiger partial charge is 0.174 e. The summed E-state index contributed by atoms with van der Waals surface area (Å²) in [5.74, 6) is 1.41. The van der Waals surface area contributed by atoms with Crippen LogP contribution in [0.5, 0.6) is 11.5 Å². The number of benzene rings is 2. The maximum Gasteiger partial charge on any atom is 0.174 e. The van der Waals surface area contributed by atoms with Crippen molar-refractivity contribution in [3.8, 4) is 17.2 Å². The molecule has 0 bridgehead atoms. The Morgan fingerprint density at radius 2 is 1.76 bits per heavy atom. The van der Waals surface area contributed by atoms with Gasteiger partial charge in [-0.15, -0.1) is 0 Å². The first-order valence-corrected chi connectivity index (χ1v) is 11.5. The van der Waals surface area contributed by atoms with Crippen molar-refractivity contribution < 1.29 is 9.47 Å². The van der Waals surface area contributed by atoms with Crippen molar-refractivity contribution in [2.45, 2.75) is 19.0 Å². The van der Waals surface area contributed by atoms with Crippen LogP contribution in [0.3, 0.4) is 0 Å². The average molecular weight is 471 g/mol. The van der Waals surface area contributed by atoms with Crippen molar-refractivity contribution in [2.24, 2.45) is 0 Å². The SMILES string of the molecule is COc1ccc(N2C(=S)N[C@H](c3ccccn3)[C@H]2c2cccn2-c2ccc(C)cc2)c(OC)c1. The molecule has 7 heteroatoms. The Kier molecular flexibility index (Phi) is 5.94. The number of nitrogens with zero attached hydrogens (tertiary/aromatic N) is 3. The van der Waals surface area contributed by atoms with Crippen LogP contribution in [-0.2, 0) is 0 Å². The summed E-state index contributed by atoms with van der Waals surface area (Å²) in [5, 5.41) is 4.13. The van der Waals surface area contributed by atoms with Crippen molar-refractivity contribution >= 4 is 23.0 Å². The third-order valence-corrected chi connectivity index (χ3v) is 6.45. The lowest BCUT2D eigenvalue weighted by Gasteiger charge is -2.30. The molecule has 6 nitrogen and oxygen atoms in total. The summed E-state index contributed by atoms with van der Waals surface area (Å²) in [5.41, 5.74) is 5.18. The van der Waals surface area contributed by atoms with Crippen LogP contribution in [0.1, 0.15) is 29.0 Å². The van der Waals surface area contributed by atoms with Crippen LogP contribution in [-0.4, -0.2) is 28.9 Å². The summed E-state index contributed by atoms with van der Waals surface area (Å²) in [6, 6.07) is 24.1. The van der Waals surface area contributed by atoms with Gasteiger partial charge in [-0.25, -0.2) is 0 Å². The van der Waals surface area contributed by atoms with Gasteiger partial charge >= 0.3 is 0 Å². The van der Waals surface area contributed by atoms with Gasteiger partial charge < -0.3 is 24.3 Å². The Morgan fingerprint density at radius 1 is 0.941 bits per heavy atom. The Morgan fingerprint density at radius 3 is 2.47 bits per heavy atom. The maximum absolute atomic E-state index is 5.89. The normalized spacial score (nSPS) is 17.5. The first kappa shape index (κ1) is 22.0. The summed E-state index contributed by atoms with van der Waals surface area (Å²) < 4.78 is 13.4. The van der Waals surface area contributed by atoms with Crippen LogP contribution < -0.4 is 19.7 Å². The van der Waals surface area contributed by atoms with Gasteiger partial charge in [0, 0.05) is 29.8 Å². The average Bonchev–Trinajstić information content (AvgIpc) is 3.49. The maximum atomic E-state index is 5.89. The van der Waals surface area contributed by atoms with E-state index in [1.54, 1.807) is 14.2 Å². The zero-order chi connectivity index (χ0) is 23.7. The van der Waals surface area contributed by atoms with Gasteiger partial charge in [-0.05, 0) is 67.7 Å². The highest BCUT2D eigenvalue weighted by molar-refractivity contribution is 7.80. The van der Waals surface area contributed by atoms with Gasteiger partial charge in [0.15, 0.2) is 5.11 Å². The van der Waals surface area contributed by atoms with Crippen LogP contribution in [0.4, 0.5) is 5.69 Å². The zero-order valence-electron chi connectivity index (χ0n) is 19.3. The Hall–Kier alpha value is -3.84. The molecule has 2 atom stereocenters. The second-order valence-corrected chi connectivity index (χ2v) is 8.56. The first-order valence-electron chi connectivity index (χ1n) is 11.1. The number of hydrogen-bond donors (Lipinski definition) is 1. The molecular weight excluding hydrogens is 444 g/mol. The molecule has 3 heterocycles. The van der Waals surface area contributed by atoms with E-state index in [1.165, 1.54) is 5.56 Å². The van der Waals surface area contributed by atoms with Gasteiger partial charge in [0.25, 0.3) is 0 Å². The molecular formula is C27H26N4O2S. The molecule has 0 radical (unpaired) electrons. The fourth-order valence-corrected chi connectivity index (χ4v) is 4.81. The van der Waals surface area contributed by atoms with Crippen molar-refractivity contribution in [3.05, 3.63) is 102 Å². The van der Waals surface area contributed by atoms with Gasteiger partial charge in [-0.1, -0.05) is 23.8 Å². The van der Waals surface area contributed by atoms with Crippen LogP contribution in [0, 0.1) is 6.92 Å². The third kappa shape index (κ3) is 3.88. The molecule has 0 spiro atoms. The highest BCUT2D eigenvalue weighted by atomic mass is 32.1. The number of methoxy groups -OCH3 is 2. The van der Waals surface area contributed by atoms with E-state index >= 15 is 0 Å². The second-order valence-electron chi connectivity index (χ2n) is 8.17. The monoisotopic (exact) mass is 470 g/mol. The number of ether oxygens (including phenoxy) is 2. The molecule has 0 saturated carbocycles. The van der Waals surface area contributed by atoms with Crippen LogP contribution in [0.2, 0.25) is 0 Å². The van der Waals surface area contributed by atoms with Gasteiger partial charge in [-0.2, -0.15) is 0 Å². The minimum Gasteiger partial charge on any atom is -0.497 e. The minimum atomic E-state index is -0.166. The Labute approximate surface area is 204 Å². The van der Waals surface area contributed by atoms with E-state index in [-0.39, 0.29) is 12.1 Å². The summed E-state index contributed by atoms with van der Waals surface area (Å²) >= 11 is 5.89. The molecule has 1 aliphatic rings. The number of aromatic nitrogens is 2. The number of hydrogen-bond acceptors (Lipinski definition) is 4. The molecule has 0 amide bonds.